The van der Waals surface area contributed by atoms with Crippen molar-refractivity contribution in [3.63, 3.8) is 0 Å². The number of nitrogens with zero attached hydrogens (tertiary/aromatic N) is 1. The highest BCUT2D eigenvalue weighted by molar-refractivity contribution is 7.99. The van der Waals surface area contributed by atoms with E-state index < -0.39 is 0 Å². The number of hydrogen-bond donors (Lipinski definition) is 1. The second-order valence-corrected chi connectivity index (χ2v) is 7.15. The van der Waals surface area contributed by atoms with Crippen LogP contribution in [-0.2, 0) is 4.79 Å². The number of rotatable bonds is 5. The van der Waals surface area contributed by atoms with E-state index in [1.165, 1.54) is 37.4 Å². The van der Waals surface area contributed by atoms with E-state index in [0.717, 1.165) is 16.9 Å². The van der Waals surface area contributed by atoms with Crippen LogP contribution >= 0.6 is 11.8 Å². The number of thioether (sulfide) groups is 1. The summed E-state index contributed by atoms with van der Waals surface area (Å²) in [5.74, 6) is 3.10. The van der Waals surface area contributed by atoms with E-state index in [1.54, 1.807) is 6.20 Å². The summed E-state index contributed by atoms with van der Waals surface area (Å²) in [5.41, 5.74) is 0. The van der Waals surface area contributed by atoms with Crippen molar-refractivity contribution in [2.75, 3.05) is 5.75 Å². The fraction of sp³-hybridized carbons (Fsp3) is 0.625. The van der Waals surface area contributed by atoms with Crippen LogP contribution in [0.4, 0.5) is 0 Å². The molecular weight excluding hydrogens is 268 g/mol. The first-order valence-electron chi connectivity index (χ1n) is 7.55. The van der Waals surface area contributed by atoms with Crippen molar-refractivity contribution >= 4 is 17.7 Å². The minimum Gasteiger partial charge on any atom is -0.353 e. The lowest BCUT2D eigenvalue weighted by atomic mass is 9.84. The lowest BCUT2D eigenvalue weighted by Gasteiger charge is -2.28. The topological polar surface area (TPSA) is 42.0 Å². The first-order valence-corrected chi connectivity index (χ1v) is 8.54. The number of amides is 1. The van der Waals surface area contributed by atoms with E-state index in [-0.39, 0.29) is 5.91 Å². The molecular formula is C16H22N2OS. The number of hydrogen-bond acceptors (Lipinski definition) is 3. The van der Waals surface area contributed by atoms with Gasteiger partial charge in [-0.2, -0.15) is 0 Å². The summed E-state index contributed by atoms with van der Waals surface area (Å²) in [6, 6.07) is 6.10. The van der Waals surface area contributed by atoms with Crippen LogP contribution in [0.2, 0.25) is 0 Å². The van der Waals surface area contributed by atoms with E-state index in [4.69, 9.17) is 0 Å². The summed E-state index contributed by atoms with van der Waals surface area (Å²) in [5, 5.41) is 4.10. The molecule has 3 nitrogen and oxygen atoms in total. The third kappa shape index (κ3) is 3.17. The van der Waals surface area contributed by atoms with E-state index in [1.807, 2.05) is 18.2 Å². The van der Waals surface area contributed by atoms with Gasteiger partial charge in [-0.05, 0) is 56.1 Å². The third-order valence-electron chi connectivity index (χ3n) is 4.81. The van der Waals surface area contributed by atoms with E-state index >= 15 is 0 Å². The minimum atomic E-state index is 0.135. The van der Waals surface area contributed by atoms with Gasteiger partial charge in [0, 0.05) is 12.2 Å². The standard InChI is InChI=1S/C16H22N2OS/c1-11(14-9-12-5-6-13(14)8-12)18-15(19)10-20-16-4-2-3-7-17-16/h2-4,7,11-14H,5-6,8-10H2,1H3,(H,18,19)/t11-,12-,13-,14+/m0/s1. The minimum absolute atomic E-state index is 0.135. The maximum absolute atomic E-state index is 12.0. The first kappa shape index (κ1) is 13.9. The van der Waals surface area contributed by atoms with Crippen molar-refractivity contribution in [1.82, 2.24) is 10.3 Å². The molecule has 0 radical (unpaired) electrons. The average molecular weight is 290 g/mol. The maximum Gasteiger partial charge on any atom is 0.230 e. The van der Waals surface area contributed by atoms with Crippen LogP contribution in [-0.4, -0.2) is 22.7 Å². The lowest BCUT2D eigenvalue weighted by Crippen LogP contribution is -2.40. The quantitative estimate of drug-likeness (QED) is 0.847. The van der Waals surface area contributed by atoms with Crippen LogP contribution in [0.15, 0.2) is 29.4 Å². The summed E-state index contributed by atoms with van der Waals surface area (Å²) in [4.78, 5) is 16.3. The number of fused-ring (bicyclic) bond motifs is 2. The Hall–Kier alpha value is -1.03. The Morgan fingerprint density at radius 1 is 1.45 bits per heavy atom. The molecule has 1 heterocycles. The van der Waals surface area contributed by atoms with Gasteiger partial charge < -0.3 is 5.32 Å². The predicted molar refractivity (Wildman–Crippen MR) is 81.5 cm³/mol. The van der Waals surface area contributed by atoms with Crippen LogP contribution in [0.25, 0.3) is 0 Å². The SMILES string of the molecule is C[C@H](NC(=O)CSc1ccccn1)[C@H]1C[C@H]2CC[C@H]1C2. The van der Waals surface area contributed by atoms with Crippen molar-refractivity contribution in [2.24, 2.45) is 17.8 Å². The molecule has 1 aromatic rings. The van der Waals surface area contributed by atoms with Crippen LogP contribution in [0.3, 0.4) is 0 Å². The summed E-state index contributed by atoms with van der Waals surface area (Å²) >= 11 is 1.51. The van der Waals surface area contributed by atoms with Crippen molar-refractivity contribution in [2.45, 2.75) is 43.7 Å². The summed E-state index contributed by atoms with van der Waals surface area (Å²) in [6.07, 6.45) is 7.26. The molecule has 108 valence electrons. The average Bonchev–Trinajstić information content (AvgIpc) is 3.09. The van der Waals surface area contributed by atoms with Gasteiger partial charge in [0.1, 0.15) is 0 Å². The molecule has 2 saturated carbocycles. The van der Waals surface area contributed by atoms with Crippen molar-refractivity contribution < 1.29 is 4.79 Å². The highest BCUT2D eigenvalue weighted by Crippen LogP contribution is 2.49. The molecule has 2 fully saturated rings. The number of carbonyl (C=O) groups is 1. The number of carbonyl (C=O) groups excluding carboxylic acids is 1. The molecule has 0 unspecified atom stereocenters. The fourth-order valence-corrected chi connectivity index (χ4v) is 4.55. The Labute approximate surface area is 124 Å². The van der Waals surface area contributed by atoms with Gasteiger partial charge in [-0.3, -0.25) is 4.79 Å². The lowest BCUT2D eigenvalue weighted by molar-refractivity contribution is -0.119. The maximum atomic E-state index is 12.0. The Bertz CT molecular complexity index is 465. The van der Waals surface area contributed by atoms with Crippen molar-refractivity contribution in [1.29, 1.82) is 0 Å². The number of aromatic nitrogens is 1. The van der Waals surface area contributed by atoms with E-state index in [0.29, 0.717) is 17.7 Å². The summed E-state index contributed by atoms with van der Waals surface area (Å²) in [6.45, 7) is 2.18. The molecule has 0 aliphatic heterocycles. The second-order valence-electron chi connectivity index (χ2n) is 6.15. The molecule has 0 aromatic carbocycles. The monoisotopic (exact) mass is 290 g/mol. The summed E-state index contributed by atoms with van der Waals surface area (Å²) in [7, 11) is 0. The highest BCUT2D eigenvalue weighted by atomic mass is 32.2. The van der Waals surface area contributed by atoms with Gasteiger partial charge >= 0.3 is 0 Å². The highest BCUT2D eigenvalue weighted by Gasteiger charge is 2.42. The Morgan fingerprint density at radius 3 is 3.00 bits per heavy atom. The smallest absolute Gasteiger partial charge is 0.230 e. The van der Waals surface area contributed by atoms with Crippen LogP contribution in [0.5, 0.6) is 0 Å². The molecule has 0 saturated heterocycles. The van der Waals surface area contributed by atoms with Gasteiger partial charge in [0.15, 0.2) is 0 Å². The predicted octanol–water partition coefficient (Wildman–Crippen LogP) is 3.11. The second kappa shape index (κ2) is 6.17. The van der Waals surface area contributed by atoms with Gasteiger partial charge in [-0.1, -0.05) is 24.2 Å². The van der Waals surface area contributed by atoms with Crippen LogP contribution in [0, 0.1) is 17.8 Å². The van der Waals surface area contributed by atoms with Crippen LogP contribution < -0.4 is 5.32 Å². The molecule has 3 rings (SSSR count). The zero-order chi connectivity index (χ0) is 13.9. The Morgan fingerprint density at radius 2 is 2.35 bits per heavy atom. The molecule has 4 heteroatoms. The molecule has 2 aliphatic rings. The Balaban J connectivity index is 1.44. The van der Waals surface area contributed by atoms with Gasteiger partial charge in [0.25, 0.3) is 0 Å². The van der Waals surface area contributed by atoms with Crippen molar-refractivity contribution in [3.05, 3.63) is 24.4 Å². The molecule has 20 heavy (non-hydrogen) atoms. The zero-order valence-electron chi connectivity index (χ0n) is 11.9. The van der Waals surface area contributed by atoms with Crippen molar-refractivity contribution in [3.8, 4) is 0 Å². The number of pyridine rings is 1. The molecule has 1 N–H and O–H groups in total. The van der Waals surface area contributed by atoms with Gasteiger partial charge in [0.2, 0.25) is 5.91 Å². The van der Waals surface area contributed by atoms with Gasteiger partial charge in [-0.15, -0.1) is 0 Å². The normalized spacial score (nSPS) is 29.4. The van der Waals surface area contributed by atoms with Gasteiger partial charge in [0.05, 0.1) is 10.8 Å². The number of nitrogens with one attached hydrogen (secondary N) is 1. The van der Waals surface area contributed by atoms with E-state index in [9.17, 15) is 4.79 Å². The summed E-state index contributed by atoms with van der Waals surface area (Å²) < 4.78 is 0. The molecule has 0 spiro atoms. The van der Waals surface area contributed by atoms with Crippen LogP contribution in [0.1, 0.15) is 32.6 Å². The molecule has 1 aromatic heterocycles. The molecule has 4 atom stereocenters. The molecule has 2 bridgehead atoms. The largest absolute Gasteiger partial charge is 0.353 e. The zero-order valence-corrected chi connectivity index (χ0v) is 12.7. The first-order chi connectivity index (χ1) is 9.72. The van der Waals surface area contributed by atoms with Gasteiger partial charge in [-0.25, -0.2) is 4.98 Å². The van der Waals surface area contributed by atoms with E-state index in [2.05, 4.69) is 17.2 Å². The molecule has 1 amide bonds. The third-order valence-corrected chi connectivity index (χ3v) is 5.76. The fourth-order valence-electron chi connectivity index (χ4n) is 3.88. The molecule has 2 aliphatic carbocycles. The Kier molecular flexibility index (Phi) is 4.29.